The van der Waals surface area contributed by atoms with E-state index in [4.69, 9.17) is 9.26 Å². The molecule has 0 spiro atoms. The van der Waals surface area contributed by atoms with Crippen molar-refractivity contribution in [1.29, 1.82) is 0 Å². The van der Waals surface area contributed by atoms with Gasteiger partial charge in [-0.05, 0) is 52.7 Å². The summed E-state index contributed by atoms with van der Waals surface area (Å²) in [6, 6.07) is 3.92. The second-order valence-corrected chi connectivity index (χ2v) is 8.62. The lowest BCUT2D eigenvalue weighted by Gasteiger charge is -2.14. The molecule has 1 fully saturated rings. The molecule has 0 aromatic carbocycles. The monoisotopic (exact) mass is 399 g/mol. The van der Waals surface area contributed by atoms with E-state index in [1.807, 2.05) is 19.9 Å². The lowest BCUT2D eigenvalue weighted by Crippen LogP contribution is -2.37. The first-order valence-electron chi connectivity index (χ1n) is 9.19. The summed E-state index contributed by atoms with van der Waals surface area (Å²) in [6.07, 6.45) is 1.06. The highest BCUT2D eigenvalue weighted by Crippen LogP contribution is 2.33. The fourth-order valence-electron chi connectivity index (χ4n) is 3.10. The molecule has 8 heteroatoms. The van der Waals surface area contributed by atoms with Crippen LogP contribution in [0.25, 0.3) is 22.4 Å². The van der Waals surface area contributed by atoms with Crippen molar-refractivity contribution in [2.75, 3.05) is 0 Å². The molecule has 3 aromatic heterocycles. The van der Waals surface area contributed by atoms with Gasteiger partial charge in [-0.25, -0.2) is 9.78 Å². The Labute approximate surface area is 166 Å². The van der Waals surface area contributed by atoms with Crippen molar-refractivity contribution in [3.63, 3.8) is 0 Å². The Hall–Kier alpha value is -2.74. The van der Waals surface area contributed by atoms with Gasteiger partial charge in [-0.1, -0.05) is 5.16 Å². The second kappa shape index (κ2) is 7.01. The number of nitrogens with zero attached hydrogens (tertiary/aromatic N) is 2. The van der Waals surface area contributed by atoms with E-state index in [2.05, 4.69) is 15.5 Å². The van der Waals surface area contributed by atoms with Gasteiger partial charge in [-0.2, -0.15) is 0 Å². The number of esters is 1. The Bertz CT molecular complexity index is 1080. The largest absolute Gasteiger partial charge is 0.449 e. The normalized spacial score (nSPS) is 14.9. The zero-order chi connectivity index (χ0) is 20.0. The summed E-state index contributed by atoms with van der Waals surface area (Å²) in [5.41, 5.74) is 2.68. The van der Waals surface area contributed by atoms with Crippen LogP contribution in [-0.4, -0.2) is 34.2 Å². The van der Waals surface area contributed by atoms with Crippen molar-refractivity contribution in [1.82, 2.24) is 15.5 Å². The lowest BCUT2D eigenvalue weighted by molar-refractivity contribution is -0.129. The maximum atomic E-state index is 12.9. The number of carbonyl (C=O) groups is 2. The average Bonchev–Trinajstić information content (AvgIpc) is 3.29. The number of hydrogen-bond donors (Lipinski definition) is 1. The Morgan fingerprint density at radius 2 is 2.04 bits per heavy atom. The Morgan fingerprint density at radius 1 is 1.29 bits per heavy atom. The minimum absolute atomic E-state index is 0.206. The molecule has 1 atom stereocenters. The molecular weight excluding hydrogens is 378 g/mol. The van der Waals surface area contributed by atoms with Crippen molar-refractivity contribution in [3.8, 4) is 11.3 Å². The van der Waals surface area contributed by atoms with E-state index in [1.54, 1.807) is 31.3 Å². The number of amides is 1. The third kappa shape index (κ3) is 3.52. The highest BCUT2D eigenvalue weighted by molar-refractivity contribution is 7.12. The Kier molecular flexibility index (Phi) is 4.66. The van der Waals surface area contributed by atoms with Gasteiger partial charge >= 0.3 is 5.97 Å². The molecule has 28 heavy (non-hydrogen) atoms. The number of aromatic nitrogens is 2. The summed E-state index contributed by atoms with van der Waals surface area (Å²) in [7, 11) is 0. The van der Waals surface area contributed by atoms with Crippen molar-refractivity contribution in [3.05, 3.63) is 33.1 Å². The van der Waals surface area contributed by atoms with Gasteiger partial charge in [-0.3, -0.25) is 4.79 Å². The quantitative estimate of drug-likeness (QED) is 0.658. The first-order chi connectivity index (χ1) is 13.3. The number of hydrogen-bond acceptors (Lipinski definition) is 7. The lowest BCUT2D eigenvalue weighted by atomic mass is 10.1. The molecule has 1 saturated carbocycles. The van der Waals surface area contributed by atoms with Crippen LogP contribution in [-0.2, 0) is 9.53 Å². The highest BCUT2D eigenvalue weighted by Gasteiger charge is 2.29. The zero-order valence-electron chi connectivity index (χ0n) is 16.2. The molecule has 4 rings (SSSR count). The van der Waals surface area contributed by atoms with Gasteiger partial charge in [0.15, 0.2) is 6.10 Å². The number of aryl methyl sites for hydroxylation is 3. The minimum atomic E-state index is -0.884. The summed E-state index contributed by atoms with van der Waals surface area (Å²) in [5.74, 6) is -0.879. The maximum Gasteiger partial charge on any atom is 0.339 e. The predicted molar refractivity (Wildman–Crippen MR) is 105 cm³/mol. The van der Waals surface area contributed by atoms with Crippen molar-refractivity contribution >= 4 is 34.3 Å². The minimum Gasteiger partial charge on any atom is -0.449 e. The standard InChI is InChI=1S/C20H21N3O4S/c1-9-7-14(12(4)28-9)16-8-15(17-10(2)23-27-19(17)22-16)20(25)26-11(3)18(24)21-13-5-6-13/h7-8,11,13H,5-6H2,1-4H3,(H,21,24). The van der Waals surface area contributed by atoms with E-state index >= 15 is 0 Å². The number of ether oxygens (including phenoxy) is 1. The van der Waals surface area contributed by atoms with Gasteiger partial charge in [0.05, 0.1) is 22.3 Å². The number of pyridine rings is 1. The van der Waals surface area contributed by atoms with Gasteiger partial charge in [0.2, 0.25) is 0 Å². The first-order valence-corrected chi connectivity index (χ1v) is 10.0. The average molecular weight is 399 g/mol. The van der Waals surface area contributed by atoms with Gasteiger partial charge in [0, 0.05) is 21.4 Å². The van der Waals surface area contributed by atoms with Gasteiger partial charge < -0.3 is 14.6 Å². The van der Waals surface area contributed by atoms with Crippen LogP contribution in [0.4, 0.5) is 0 Å². The van der Waals surface area contributed by atoms with Crippen molar-refractivity contribution in [2.24, 2.45) is 0 Å². The van der Waals surface area contributed by atoms with Crippen LogP contribution in [0.3, 0.4) is 0 Å². The highest BCUT2D eigenvalue weighted by atomic mass is 32.1. The molecule has 3 heterocycles. The molecule has 1 unspecified atom stereocenters. The number of fused-ring (bicyclic) bond motifs is 1. The van der Waals surface area contributed by atoms with Crippen LogP contribution in [0, 0.1) is 20.8 Å². The fourth-order valence-corrected chi connectivity index (χ4v) is 4.04. The molecule has 0 aliphatic heterocycles. The fraction of sp³-hybridized carbons (Fsp3) is 0.400. The molecule has 0 bridgehead atoms. The van der Waals surface area contributed by atoms with E-state index in [1.165, 1.54) is 0 Å². The molecular formula is C20H21N3O4S. The van der Waals surface area contributed by atoms with E-state index in [-0.39, 0.29) is 17.7 Å². The van der Waals surface area contributed by atoms with Crippen molar-refractivity contribution < 1.29 is 18.8 Å². The first kappa shape index (κ1) is 18.6. The number of carbonyl (C=O) groups excluding carboxylic acids is 2. The summed E-state index contributed by atoms with van der Waals surface area (Å²) < 4.78 is 10.8. The van der Waals surface area contributed by atoms with E-state index < -0.39 is 12.1 Å². The summed E-state index contributed by atoms with van der Waals surface area (Å²) in [4.78, 5) is 31.8. The second-order valence-electron chi connectivity index (χ2n) is 7.16. The molecule has 3 aromatic rings. The molecule has 1 N–H and O–H groups in total. The summed E-state index contributed by atoms with van der Waals surface area (Å²) in [5, 5.41) is 7.29. The Morgan fingerprint density at radius 3 is 2.68 bits per heavy atom. The molecule has 1 aliphatic rings. The van der Waals surface area contributed by atoms with Gasteiger partial charge in [0.25, 0.3) is 11.6 Å². The molecule has 146 valence electrons. The summed E-state index contributed by atoms with van der Waals surface area (Å²) >= 11 is 1.66. The molecule has 1 amide bonds. The van der Waals surface area contributed by atoms with Gasteiger partial charge in [-0.15, -0.1) is 11.3 Å². The SMILES string of the molecule is Cc1cc(-c2cc(C(=O)OC(C)C(=O)NC3CC3)c3c(C)noc3n2)c(C)s1. The molecule has 1 aliphatic carbocycles. The van der Waals surface area contributed by atoms with Crippen LogP contribution >= 0.6 is 11.3 Å². The Balaban J connectivity index is 1.70. The number of nitrogens with one attached hydrogen (secondary N) is 1. The molecule has 7 nitrogen and oxygen atoms in total. The smallest absolute Gasteiger partial charge is 0.339 e. The van der Waals surface area contributed by atoms with Crippen LogP contribution in [0.1, 0.15) is 45.6 Å². The molecule has 0 saturated heterocycles. The zero-order valence-corrected chi connectivity index (χ0v) is 17.0. The predicted octanol–water partition coefficient (Wildman–Crippen LogP) is 3.70. The van der Waals surface area contributed by atoms with E-state index in [0.29, 0.717) is 22.3 Å². The number of thiophene rings is 1. The van der Waals surface area contributed by atoms with E-state index in [9.17, 15) is 9.59 Å². The van der Waals surface area contributed by atoms with Gasteiger partial charge in [0.1, 0.15) is 0 Å². The van der Waals surface area contributed by atoms with Crippen LogP contribution in [0.15, 0.2) is 16.7 Å². The summed E-state index contributed by atoms with van der Waals surface area (Å²) in [6.45, 7) is 7.34. The van der Waals surface area contributed by atoms with Crippen LogP contribution < -0.4 is 5.32 Å². The number of rotatable bonds is 5. The van der Waals surface area contributed by atoms with E-state index in [0.717, 1.165) is 28.2 Å². The third-order valence-corrected chi connectivity index (χ3v) is 5.70. The third-order valence-electron chi connectivity index (χ3n) is 4.73. The van der Waals surface area contributed by atoms with Crippen molar-refractivity contribution in [2.45, 2.75) is 52.7 Å². The topological polar surface area (TPSA) is 94.3 Å². The van der Waals surface area contributed by atoms with Crippen LogP contribution in [0.2, 0.25) is 0 Å². The maximum absolute atomic E-state index is 12.9. The van der Waals surface area contributed by atoms with Crippen LogP contribution in [0.5, 0.6) is 0 Å². The molecule has 0 radical (unpaired) electrons.